The Kier molecular flexibility index (Phi) is 7.99. The molecule has 2 aliphatic rings. The molecule has 0 atom stereocenters. The Labute approximate surface area is 219 Å². The van der Waals surface area contributed by atoms with Crippen molar-refractivity contribution >= 4 is 62.5 Å². The van der Waals surface area contributed by atoms with Crippen LogP contribution in [0.1, 0.15) is 42.4 Å². The van der Waals surface area contributed by atoms with Crippen LogP contribution in [0.3, 0.4) is 0 Å². The fourth-order valence-electron chi connectivity index (χ4n) is 4.46. The van der Waals surface area contributed by atoms with Crippen molar-refractivity contribution < 1.29 is 23.4 Å². The summed E-state index contributed by atoms with van der Waals surface area (Å²) < 4.78 is 36.4. The number of anilines is 2. The molecule has 0 bridgehead atoms. The molecule has 33 heavy (non-hydrogen) atoms. The molecule has 5 nitrogen and oxygen atoms in total. The molecule has 2 aromatic carbocycles. The van der Waals surface area contributed by atoms with Crippen molar-refractivity contribution in [1.82, 2.24) is 0 Å². The number of nitrogens with zero attached hydrogens (tertiary/aromatic N) is 1. The maximum Gasteiger partial charge on any atom is 0.224 e. The van der Waals surface area contributed by atoms with Gasteiger partial charge < -0.3 is 20.1 Å². The number of hydrogen-bond donors (Lipinski definition) is 2. The third kappa shape index (κ3) is 5.55. The first-order chi connectivity index (χ1) is 15.8. The van der Waals surface area contributed by atoms with Gasteiger partial charge in [-0.15, -0.1) is 0 Å². The molecule has 0 aliphatic carbocycles. The van der Waals surface area contributed by atoms with Gasteiger partial charge in [-0.05, 0) is 55.0 Å². The highest BCUT2D eigenvalue weighted by Gasteiger charge is 2.35. The van der Waals surface area contributed by atoms with Crippen molar-refractivity contribution in [2.75, 3.05) is 29.9 Å². The lowest BCUT2D eigenvalue weighted by Crippen LogP contribution is -2.48. The highest BCUT2D eigenvalue weighted by Crippen LogP contribution is 2.37. The van der Waals surface area contributed by atoms with E-state index in [-0.39, 0.29) is 18.2 Å². The number of carbonyl (C=O) groups excluding carboxylic acids is 1. The molecule has 1 amide bonds. The number of amides is 1. The van der Waals surface area contributed by atoms with E-state index in [4.69, 9.17) is 4.74 Å². The number of alkyl halides is 2. The van der Waals surface area contributed by atoms with Gasteiger partial charge in [-0.3, -0.25) is 4.79 Å². The zero-order valence-corrected chi connectivity index (χ0v) is 22.4. The Morgan fingerprint density at radius 1 is 1.09 bits per heavy atom. The summed E-state index contributed by atoms with van der Waals surface area (Å²) in [6.07, 6.45) is 2.62. The van der Waals surface area contributed by atoms with E-state index in [1.807, 2.05) is 12.1 Å². The molecular formula is C24H26F2I2N2O3. The predicted octanol–water partition coefficient (Wildman–Crippen LogP) is 5.52. The number of fused-ring (bicyclic) bond motifs is 1. The van der Waals surface area contributed by atoms with E-state index in [1.54, 1.807) is 4.90 Å². The van der Waals surface area contributed by atoms with Gasteiger partial charge in [-0.25, -0.2) is 8.78 Å². The Bertz CT molecular complexity index is 1020. The lowest BCUT2D eigenvalue weighted by Gasteiger charge is -2.39. The van der Waals surface area contributed by atoms with Crippen LogP contribution in [0.15, 0.2) is 24.3 Å². The second kappa shape index (κ2) is 10.6. The lowest BCUT2D eigenvalue weighted by atomic mass is 9.91. The van der Waals surface area contributed by atoms with E-state index >= 15 is 0 Å². The van der Waals surface area contributed by atoms with Gasteiger partial charge >= 0.3 is 0 Å². The SMILES string of the molecule is O=C1CCCc2c(OCC3(O)CCN(c4c(F)cc(CI)cc4F)CC3)ccc(CI)c2N1. The van der Waals surface area contributed by atoms with Crippen LogP contribution >= 0.6 is 45.2 Å². The van der Waals surface area contributed by atoms with E-state index in [0.29, 0.717) is 48.1 Å². The first-order valence-corrected chi connectivity index (χ1v) is 14.0. The van der Waals surface area contributed by atoms with Crippen LogP contribution in [-0.2, 0) is 20.1 Å². The van der Waals surface area contributed by atoms with Gasteiger partial charge in [0.2, 0.25) is 5.91 Å². The first kappa shape index (κ1) is 24.9. The van der Waals surface area contributed by atoms with Crippen molar-refractivity contribution in [3.05, 3.63) is 52.6 Å². The molecule has 1 saturated heterocycles. The predicted molar refractivity (Wildman–Crippen MR) is 142 cm³/mol. The van der Waals surface area contributed by atoms with Crippen LogP contribution in [0.25, 0.3) is 0 Å². The number of ether oxygens (including phenoxy) is 1. The van der Waals surface area contributed by atoms with E-state index in [0.717, 1.165) is 34.1 Å². The molecule has 2 N–H and O–H groups in total. The third-order valence-corrected chi connectivity index (χ3v) is 8.04. The highest BCUT2D eigenvalue weighted by atomic mass is 127. The number of nitrogens with one attached hydrogen (secondary N) is 1. The summed E-state index contributed by atoms with van der Waals surface area (Å²) in [5, 5.41) is 14.1. The number of benzene rings is 2. The number of hydrogen-bond acceptors (Lipinski definition) is 4. The summed E-state index contributed by atoms with van der Waals surface area (Å²) in [4.78, 5) is 13.7. The minimum Gasteiger partial charge on any atom is -0.490 e. The second-order valence-corrected chi connectivity index (χ2v) is 10.2. The molecule has 1 fully saturated rings. The average molecular weight is 682 g/mol. The maximum atomic E-state index is 14.5. The molecule has 178 valence electrons. The summed E-state index contributed by atoms with van der Waals surface area (Å²) in [6, 6.07) is 6.60. The summed E-state index contributed by atoms with van der Waals surface area (Å²) in [5.41, 5.74) is 2.34. The van der Waals surface area contributed by atoms with Crippen molar-refractivity contribution in [2.24, 2.45) is 0 Å². The largest absolute Gasteiger partial charge is 0.490 e. The molecule has 0 aromatic heterocycles. The van der Waals surface area contributed by atoms with E-state index in [1.165, 1.54) is 12.1 Å². The number of halogens is 4. The van der Waals surface area contributed by atoms with Crippen molar-refractivity contribution in [3.8, 4) is 5.75 Å². The maximum absolute atomic E-state index is 14.5. The zero-order chi connectivity index (χ0) is 23.6. The number of aliphatic hydroxyl groups is 1. The molecule has 4 rings (SSSR count). The summed E-state index contributed by atoms with van der Waals surface area (Å²) in [7, 11) is 0. The monoisotopic (exact) mass is 682 g/mol. The number of carbonyl (C=O) groups is 1. The van der Waals surface area contributed by atoms with E-state index in [2.05, 4.69) is 50.5 Å². The molecule has 0 radical (unpaired) electrons. The Hall–Kier alpha value is -1.21. The fourth-order valence-corrected chi connectivity index (χ4v) is 5.53. The van der Waals surface area contributed by atoms with Gasteiger partial charge in [0.15, 0.2) is 0 Å². The normalized spacial score (nSPS) is 17.8. The fraction of sp³-hybridized carbons (Fsp3) is 0.458. The van der Waals surface area contributed by atoms with E-state index in [9.17, 15) is 18.7 Å². The van der Waals surface area contributed by atoms with Crippen LogP contribution in [0.5, 0.6) is 5.75 Å². The first-order valence-electron chi connectivity index (χ1n) is 11.0. The minimum atomic E-state index is -1.09. The van der Waals surface area contributed by atoms with Crippen molar-refractivity contribution in [2.45, 2.75) is 46.6 Å². The molecule has 0 unspecified atom stereocenters. The van der Waals surface area contributed by atoms with Gasteiger partial charge in [-0.1, -0.05) is 51.2 Å². The molecule has 9 heteroatoms. The Morgan fingerprint density at radius 3 is 2.42 bits per heavy atom. The third-order valence-electron chi connectivity index (χ3n) is 6.33. The minimum absolute atomic E-state index is 0.00832. The van der Waals surface area contributed by atoms with Gasteiger partial charge in [-0.2, -0.15) is 0 Å². The van der Waals surface area contributed by atoms with Crippen LogP contribution in [0.4, 0.5) is 20.2 Å². The van der Waals surface area contributed by atoms with Crippen LogP contribution in [0, 0.1) is 11.6 Å². The van der Waals surface area contributed by atoms with Crippen LogP contribution in [-0.4, -0.2) is 36.3 Å². The van der Waals surface area contributed by atoms with Crippen LogP contribution < -0.4 is 15.0 Å². The number of rotatable bonds is 6. The highest BCUT2D eigenvalue weighted by molar-refractivity contribution is 14.1. The summed E-state index contributed by atoms with van der Waals surface area (Å²) in [5.74, 6) is -0.455. The smallest absolute Gasteiger partial charge is 0.224 e. The lowest BCUT2D eigenvalue weighted by molar-refractivity contribution is -0.116. The van der Waals surface area contributed by atoms with Crippen molar-refractivity contribution in [3.63, 3.8) is 0 Å². The molecule has 2 heterocycles. The van der Waals surface area contributed by atoms with E-state index < -0.39 is 17.2 Å². The average Bonchev–Trinajstić information content (AvgIpc) is 2.99. The molecule has 2 aromatic rings. The van der Waals surface area contributed by atoms with Crippen molar-refractivity contribution in [1.29, 1.82) is 0 Å². The summed E-state index contributed by atoms with van der Waals surface area (Å²) >= 11 is 4.35. The summed E-state index contributed by atoms with van der Waals surface area (Å²) in [6.45, 7) is 0.752. The van der Waals surface area contributed by atoms with Crippen LogP contribution in [0.2, 0.25) is 0 Å². The molecule has 0 saturated carbocycles. The topological polar surface area (TPSA) is 61.8 Å². The quantitative estimate of drug-likeness (QED) is 0.312. The Balaban J connectivity index is 1.45. The molecule has 2 aliphatic heterocycles. The van der Waals surface area contributed by atoms with Gasteiger partial charge in [0.05, 0.1) is 5.69 Å². The van der Waals surface area contributed by atoms with Gasteiger partial charge in [0, 0.05) is 33.9 Å². The standard InChI is InChI=1S/C24H26F2I2N2O3/c25-18-10-15(12-27)11-19(26)23(18)30-8-6-24(32,7-9-30)14-33-20-5-4-16(13-28)22-17(20)2-1-3-21(31)29-22/h4-5,10-11,32H,1-3,6-9,12-14H2,(H,29,31). The van der Waals surface area contributed by atoms with Gasteiger partial charge in [0.25, 0.3) is 0 Å². The molecular weight excluding hydrogens is 656 g/mol. The second-order valence-electron chi connectivity index (χ2n) is 8.65. The van der Waals surface area contributed by atoms with Gasteiger partial charge in [0.1, 0.15) is 35.3 Å². The Morgan fingerprint density at radius 2 is 1.79 bits per heavy atom. The zero-order valence-electron chi connectivity index (χ0n) is 18.1. The number of piperidine rings is 1. The molecule has 0 spiro atoms.